The van der Waals surface area contributed by atoms with Crippen LogP contribution in [0.25, 0.3) is 11.1 Å². The van der Waals surface area contributed by atoms with Gasteiger partial charge in [0, 0.05) is 17.8 Å². The minimum atomic E-state index is -0.520. The van der Waals surface area contributed by atoms with Gasteiger partial charge in [-0.3, -0.25) is 0 Å². The van der Waals surface area contributed by atoms with Gasteiger partial charge < -0.3 is 15.2 Å². The molecule has 0 radical (unpaired) electrons. The van der Waals surface area contributed by atoms with Crippen LogP contribution < -0.4 is 15.2 Å². The van der Waals surface area contributed by atoms with Crippen LogP contribution >= 0.6 is 0 Å². The first-order valence-electron chi connectivity index (χ1n) is 7.43. The zero-order valence-corrected chi connectivity index (χ0v) is 13.2. The summed E-state index contributed by atoms with van der Waals surface area (Å²) in [7, 11) is 1.45. The molecule has 0 saturated carbocycles. The highest BCUT2D eigenvalue weighted by Crippen LogP contribution is 2.31. The van der Waals surface area contributed by atoms with Gasteiger partial charge in [0.15, 0.2) is 5.82 Å². The molecule has 0 aliphatic rings. The standard InChI is InChI=1S/C19H17FN2O2/c1-23-17-10-15(9-16(20)19(17)21)14-7-8-18(22-11-14)24-12-13-5-3-2-4-6-13/h2-11H,12,21H2,1H3. The molecule has 5 heteroatoms. The number of nitrogens with two attached hydrogens (primary N) is 1. The van der Waals surface area contributed by atoms with Gasteiger partial charge in [0.2, 0.25) is 5.88 Å². The lowest BCUT2D eigenvalue weighted by Crippen LogP contribution is -1.98. The molecule has 1 heterocycles. The Morgan fingerprint density at radius 1 is 1.04 bits per heavy atom. The lowest BCUT2D eigenvalue weighted by molar-refractivity contribution is 0.294. The molecule has 1 aromatic heterocycles. The van der Waals surface area contributed by atoms with Crippen molar-refractivity contribution in [3.05, 3.63) is 72.2 Å². The number of pyridine rings is 1. The largest absolute Gasteiger partial charge is 0.494 e. The fourth-order valence-electron chi connectivity index (χ4n) is 2.30. The number of benzene rings is 2. The van der Waals surface area contributed by atoms with E-state index >= 15 is 0 Å². The number of nitrogens with zero attached hydrogens (tertiary/aromatic N) is 1. The van der Waals surface area contributed by atoms with E-state index < -0.39 is 5.82 Å². The summed E-state index contributed by atoms with van der Waals surface area (Å²) in [5.74, 6) is 0.286. The summed E-state index contributed by atoms with van der Waals surface area (Å²) >= 11 is 0. The Morgan fingerprint density at radius 2 is 1.83 bits per heavy atom. The van der Waals surface area contributed by atoms with Crippen molar-refractivity contribution in [2.45, 2.75) is 6.61 Å². The van der Waals surface area contributed by atoms with Crippen molar-refractivity contribution in [2.75, 3.05) is 12.8 Å². The number of hydrogen-bond donors (Lipinski definition) is 1. The molecule has 4 nitrogen and oxygen atoms in total. The Hall–Kier alpha value is -3.08. The maximum atomic E-state index is 13.9. The molecule has 122 valence electrons. The van der Waals surface area contributed by atoms with E-state index in [4.69, 9.17) is 15.2 Å². The maximum Gasteiger partial charge on any atom is 0.213 e. The molecule has 0 bridgehead atoms. The molecular formula is C19H17FN2O2. The maximum absolute atomic E-state index is 13.9. The summed E-state index contributed by atoms with van der Waals surface area (Å²) in [6, 6.07) is 16.4. The summed E-state index contributed by atoms with van der Waals surface area (Å²) in [5, 5.41) is 0. The molecule has 0 amide bonds. The van der Waals surface area contributed by atoms with E-state index in [1.807, 2.05) is 36.4 Å². The average Bonchev–Trinajstić information content (AvgIpc) is 2.63. The molecular weight excluding hydrogens is 307 g/mol. The Kier molecular flexibility index (Phi) is 4.61. The van der Waals surface area contributed by atoms with Crippen LogP contribution in [0.2, 0.25) is 0 Å². The molecule has 0 aliphatic heterocycles. The number of ether oxygens (including phenoxy) is 2. The predicted octanol–water partition coefficient (Wildman–Crippen LogP) is 4.06. The van der Waals surface area contributed by atoms with Crippen LogP contribution in [-0.2, 0) is 6.61 Å². The molecule has 0 unspecified atom stereocenters. The normalized spacial score (nSPS) is 10.4. The van der Waals surface area contributed by atoms with Gasteiger partial charge in [0.1, 0.15) is 18.0 Å². The van der Waals surface area contributed by atoms with E-state index in [9.17, 15) is 4.39 Å². The SMILES string of the molecule is COc1cc(-c2ccc(OCc3ccccc3)nc2)cc(F)c1N. The van der Waals surface area contributed by atoms with Gasteiger partial charge in [-0.25, -0.2) is 9.37 Å². The fraction of sp³-hybridized carbons (Fsp3) is 0.105. The molecule has 0 fully saturated rings. The van der Waals surface area contributed by atoms with Crippen molar-refractivity contribution in [3.8, 4) is 22.8 Å². The molecule has 24 heavy (non-hydrogen) atoms. The fourth-order valence-corrected chi connectivity index (χ4v) is 2.30. The lowest BCUT2D eigenvalue weighted by Gasteiger charge is -2.10. The number of methoxy groups -OCH3 is 1. The van der Waals surface area contributed by atoms with Crippen molar-refractivity contribution in [3.63, 3.8) is 0 Å². The quantitative estimate of drug-likeness (QED) is 0.719. The molecule has 0 aliphatic carbocycles. The predicted molar refractivity (Wildman–Crippen MR) is 91.4 cm³/mol. The second-order valence-corrected chi connectivity index (χ2v) is 5.23. The van der Waals surface area contributed by atoms with Gasteiger partial charge in [-0.2, -0.15) is 0 Å². The minimum absolute atomic E-state index is 0.00276. The van der Waals surface area contributed by atoms with E-state index in [2.05, 4.69) is 4.98 Å². The third-order valence-electron chi connectivity index (χ3n) is 3.61. The molecule has 2 N–H and O–H groups in total. The first kappa shape index (κ1) is 15.8. The van der Waals surface area contributed by atoms with Gasteiger partial charge in [-0.05, 0) is 29.3 Å². The summed E-state index contributed by atoms with van der Waals surface area (Å²) < 4.78 is 24.6. The van der Waals surface area contributed by atoms with E-state index in [1.165, 1.54) is 13.2 Å². The molecule has 0 atom stereocenters. The lowest BCUT2D eigenvalue weighted by atomic mass is 10.1. The zero-order chi connectivity index (χ0) is 16.9. The van der Waals surface area contributed by atoms with E-state index in [-0.39, 0.29) is 5.69 Å². The van der Waals surface area contributed by atoms with Gasteiger partial charge in [-0.1, -0.05) is 30.3 Å². The highest BCUT2D eigenvalue weighted by atomic mass is 19.1. The van der Waals surface area contributed by atoms with Gasteiger partial charge >= 0.3 is 0 Å². The van der Waals surface area contributed by atoms with Gasteiger partial charge in [0.25, 0.3) is 0 Å². The molecule has 0 spiro atoms. The van der Waals surface area contributed by atoms with Crippen molar-refractivity contribution in [2.24, 2.45) is 0 Å². The third-order valence-corrected chi connectivity index (χ3v) is 3.61. The summed E-state index contributed by atoms with van der Waals surface area (Å²) in [6.07, 6.45) is 1.63. The smallest absolute Gasteiger partial charge is 0.213 e. The highest BCUT2D eigenvalue weighted by Gasteiger charge is 2.10. The number of hydrogen-bond acceptors (Lipinski definition) is 4. The molecule has 3 aromatic rings. The molecule has 0 saturated heterocycles. The third kappa shape index (κ3) is 3.46. The van der Waals surface area contributed by atoms with Gasteiger partial charge in [0.05, 0.1) is 7.11 Å². The van der Waals surface area contributed by atoms with Crippen LogP contribution in [0.4, 0.5) is 10.1 Å². The summed E-state index contributed by atoms with van der Waals surface area (Å²) in [6.45, 7) is 0.442. The van der Waals surface area contributed by atoms with Crippen LogP contribution in [0.5, 0.6) is 11.6 Å². The van der Waals surface area contributed by atoms with Crippen LogP contribution in [0.3, 0.4) is 0 Å². The van der Waals surface area contributed by atoms with Crippen LogP contribution in [0.15, 0.2) is 60.8 Å². The zero-order valence-electron chi connectivity index (χ0n) is 13.2. The topological polar surface area (TPSA) is 57.4 Å². The van der Waals surface area contributed by atoms with Crippen LogP contribution in [-0.4, -0.2) is 12.1 Å². The number of rotatable bonds is 5. The van der Waals surface area contributed by atoms with Crippen molar-refractivity contribution in [1.29, 1.82) is 0 Å². The van der Waals surface area contributed by atoms with Gasteiger partial charge in [-0.15, -0.1) is 0 Å². The Bertz CT molecular complexity index is 821. The number of halogens is 1. The number of nitrogen functional groups attached to an aromatic ring is 1. The highest BCUT2D eigenvalue weighted by molar-refractivity contribution is 5.70. The number of aromatic nitrogens is 1. The number of anilines is 1. The van der Waals surface area contributed by atoms with E-state index in [1.54, 1.807) is 18.3 Å². The Labute approximate surface area is 139 Å². The van der Waals surface area contributed by atoms with Crippen molar-refractivity contribution < 1.29 is 13.9 Å². The first-order chi connectivity index (χ1) is 11.7. The first-order valence-corrected chi connectivity index (χ1v) is 7.43. The average molecular weight is 324 g/mol. The van der Waals surface area contributed by atoms with E-state index in [0.717, 1.165) is 11.1 Å². The monoisotopic (exact) mass is 324 g/mol. The Morgan fingerprint density at radius 3 is 2.50 bits per heavy atom. The van der Waals surface area contributed by atoms with Crippen molar-refractivity contribution in [1.82, 2.24) is 4.98 Å². The summed E-state index contributed by atoms with van der Waals surface area (Å²) in [5.41, 5.74) is 8.07. The second-order valence-electron chi connectivity index (χ2n) is 5.23. The molecule has 2 aromatic carbocycles. The van der Waals surface area contributed by atoms with E-state index in [0.29, 0.717) is 23.8 Å². The summed E-state index contributed by atoms with van der Waals surface area (Å²) in [4.78, 5) is 4.26. The molecule has 3 rings (SSSR count). The van der Waals surface area contributed by atoms with Crippen LogP contribution in [0, 0.1) is 5.82 Å². The minimum Gasteiger partial charge on any atom is -0.494 e. The second kappa shape index (κ2) is 7.00. The van der Waals surface area contributed by atoms with Crippen molar-refractivity contribution >= 4 is 5.69 Å². The Balaban J connectivity index is 1.76. The van der Waals surface area contributed by atoms with Crippen LogP contribution in [0.1, 0.15) is 5.56 Å².